The second kappa shape index (κ2) is 7.11. The van der Waals surface area contributed by atoms with Crippen LogP contribution in [0.5, 0.6) is 0 Å². The molecule has 25 heavy (non-hydrogen) atoms. The van der Waals surface area contributed by atoms with Crippen LogP contribution in [0.1, 0.15) is 5.56 Å². The van der Waals surface area contributed by atoms with Crippen LogP contribution in [0.4, 0.5) is 11.4 Å². The highest BCUT2D eigenvalue weighted by Gasteiger charge is 2.19. The summed E-state index contributed by atoms with van der Waals surface area (Å²) in [4.78, 5) is 8.69. The minimum absolute atomic E-state index is 0.797. The number of thiocarbonyl (C=S) groups is 1. The van der Waals surface area contributed by atoms with Gasteiger partial charge in [0.1, 0.15) is 0 Å². The van der Waals surface area contributed by atoms with Crippen LogP contribution in [0.2, 0.25) is 0 Å². The van der Waals surface area contributed by atoms with Crippen molar-refractivity contribution in [1.29, 1.82) is 0 Å². The lowest BCUT2D eigenvalue weighted by atomic mass is 10.1. The normalized spacial score (nSPS) is 18.0. The van der Waals surface area contributed by atoms with Gasteiger partial charge in [-0.05, 0) is 36.0 Å². The Bertz CT molecular complexity index is 781. The summed E-state index contributed by atoms with van der Waals surface area (Å²) in [5, 5.41) is 7.51. The minimum Gasteiger partial charge on any atom is -0.380 e. The van der Waals surface area contributed by atoms with E-state index in [4.69, 9.17) is 12.2 Å². The Morgan fingerprint density at radius 2 is 1.84 bits per heavy atom. The highest BCUT2D eigenvalue weighted by Crippen LogP contribution is 2.29. The van der Waals surface area contributed by atoms with E-state index in [2.05, 4.69) is 61.8 Å². The largest absolute Gasteiger partial charge is 0.380 e. The van der Waals surface area contributed by atoms with E-state index in [-0.39, 0.29) is 0 Å². The molecule has 0 unspecified atom stereocenters. The summed E-state index contributed by atoms with van der Waals surface area (Å²) in [6.45, 7) is 4.61. The summed E-state index contributed by atoms with van der Waals surface area (Å²) >= 11 is 5.58. The van der Waals surface area contributed by atoms with Crippen LogP contribution in [0.3, 0.4) is 0 Å². The van der Waals surface area contributed by atoms with Crippen molar-refractivity contribution in [3.05, 3.63) is 60.6 Å². The molecule has 2 aliphatic heterocycles. The van der Waals surface area contributed by atoms with Gasteiger partial charge in [0.15, 0.2) is 5.11 Å². The van der Waals surface area contributed by atoms with Gasteiger partial charge < -0.3 is 20.4 Å². The smallest absolute Gasteiger partial charge is 0.173 e. The molecule has 1 fully saturated rings. The first kappa shape index (κ1) is 15.9. The molecule has 0 bridgehead atoms. The van der Waals surface area contributed by atoms with E-state index in [1.165, 1.54) is 22.5 Å². The number of piperazine rings is 1. The van der Waals surface area contributed by atoms with Gasteiger partial charge in [-0.2, -0.15) is 0 Å². The summed E-state index contributed by atoms with van der Waals surface area (Å²) in [5.74, 6) is 0. The Balaban J connectivity index is 1.34. The van der Waals surface area contributed by atoms with Gasteiger partial charge >= 0.3 is 0 Å². The van der Waals surface area contributed by atoms with Gasteiger partial charge in [0.25, 0.3) is 0 Å². The number of fused-ring (bicyclic) bond motifs is 1. The van der Waals surface area contributed by atoms with Gasteiger partial charge in [0, 0.05) is 68.3 Å². The molecule has 0 saturated carbocycles. The topological polar surface area (TPSA) is 43.4 Å². The zero-order valence-electron chi connectivity index (χ0n) is 14.0. The first-order valence-electron chi connectivity index (χ1n) is 8.54. The van der Waals surface area contributed by atoms with E-state index in [1.807, 2.05) is 18.6 Å². The average molecular weight is 351 g/mol. The van der Waals surface area contributed by atoms with Crippen molar-refractivity contribution < 1.29 is 0 Å². The Morgan fingerprint density at radius 1 is 1.08 bits per heavy atom. The summed E-state index contributed by atoms with van der Waals surface area (Å²) in [6.07, 6.45) is 5.72. The fourth-order valence-electron chi connectivity index (χ4n) is 3.29. The predicted octanol–water partition coefficient (Wildman–Crippen LogP) is 2.54. The maximum absolute atomic E-state index is 5.58. The van der Waals surface area contributed by atoms with Crippen molar-refractivity contribution in [2.45, 2.75) is 0 Å². The molecule has 128 valence electrons. The molecule has 5 nitrogen and oxygen atoms in total. The van der Waals surface area contributed by atoms with Gasteiger partial charge in [-0.25, -0.2) is 0 Å². The molecule has 1 saturated heterocycles. The van der Waals surface area contributed by atoms with Crippen molar-refractivity contribution in [2.24, 2.45) is 0 Å². The van der Waals surface area contributed by atoms with E-state index < -0.39 is 0 Å². The zero-order valence-corrected chi connectivity index (χ0v) is 14.8. The number of rotatable bonds is 2. The number of para-hydroxylation sites is 1. The number of nitrogens with zero attached hydrogens (tertiary/aromatic N) is 3. The first-order valence-corrected chi connectivity index (χ1v) is 8.95. The van der Waals surface area contributed by atoms with E-state index in [0.29, 0.717) is 0 Å². The van der Waals surface area contributed by atoms with Crippen molar-refractivity contribution in [3.8, 4) is 0 Å². The molecule has 1 aromatic carbocycles. The van der Waals surface area contributed by atoms with Gasteiger partial charge in [-0.15, -0.1) is 0 Å². The number of hydrogen-bond donors (Lipinski definition) is 2. The molecule has 4 rings (SSSR count). The zero-order chi connectivity index (χ0) is 17.1. The number of benzene rings is 1. The van der Waals surface area contributed by atoms with Crippen molar-refractivity contribution in [3.63, 3.8) is 0 Å². The highest BCUT2D eigenvalue weighted by molar-refractivity contribution is 7.80. The summed E-state index contributed by atoms with van der Waals surface area (Å²) < 4.78 is 0. The van der Waals surface area contributed by atoms with Crippen LogP contribution in [0.25, 0.3) is 5.57 Å². The van der Waals surface area contributed by atoms with E-state index in [0.717, 1.165) is 37.8 Å². The molecule has 0 spiro atoms. The third kappa shape index (κ3) is 3.44. The Hall–Kier alpha value is -2.60. The fourth-order valence-corrected chi connectivity index (χ4v) is 3.54. The van der Waals surface area contributed by atoms with Crippen LogP contribution in [-0.2, 0) is 0 Å². The maximum Gasteiger partial charge on any atom is 0.173 e. The number of pyridine rings is 1. The quantitative estimate of drug-likeness (QED) is 0.811. The van der Waals surface area contributed by atoms with Crippen LogP contribution in [0.15, 0.2) is 55.0 Å². The lowest BCUT2D eigenvalue weighted by molar-refractivity contribution is 0.384. The fraction of sp³-hybridized carbons (Fsp3) is 0.263. The highest BCUT2D eigenvalue weighted by atomic mass is 32.1. The van der Waals surface area contributed by atoms with E-state index in [1.54, 1.807) is 0 Å². The summed E-state index contributed by atoms with van der Waals surface area (Å²) in [7, 11) is 0. The van der Waals surface area contributed by atoms with Crippen LogP contribution < -0.4 is 15.5 Å². The monoisotopic (exact) mass is 351 g/mol. The lowest BCUT2D eigenvalue weighted by Crippen LogP contribution is -2.51. The number of nitrogens with one attached hydrogen (secondary N) is 2. The molecule has 0 atom stereocenters. The molecule has 2 aliphatic rings. The Morgan fingerprint density at radius 3 is 2.64 bits per heavy atom. The Kier molecular flexibility index (Phi) is 4.52. The van der Waals surface area contributed by atoms with Crippen LogP contribution in [0, 0.1) is 0 Å². The number of anilines is 2. The standard InChI is InChI=1S/C19H21N5S/c25-19(22-14-15-13-21-18-4-2-1-3-17(15)18)24-11-9-23(10-12-24)16-5-7-20-8-6-16/h1-8,14,21H,9-13H2,(H,22,25)/b15-14-. The molecule has 2 aromatic rings. The van der Waals surface area contributed by atoms with Crippen molar-refractivity contribution in [2.75, 3.05) is 42.9 Å². The molecule has 0 amide bonds. The maximum atomic E-state index is 5.58. The predicted molar refractivity (Wildman–Crippen MR) is 107 cm³/mol. The Labute approximate surface area is 153 Å². The lowest BCUT2D eigenvalue weighted by Gasteiger charge is -2.37. The second-order valence-corrected chi connectivity index (χ2v) is 6.58. The van der Waals surface area contributed by atoms with Crippen molar-refractivity contribution >= 4 is 34.3 Å². The third-order valence-corrected chi connectivity index (χ3v) is 5.08. The molecule has 0 aliphatic carbocycles. The molecular weight excluding hydrogens is 330 g/mol. The number of hydrogen-bond acceptors (Lipinski definition) is 4. The SMILES string of the molecule is S=C(N/C=C1/CNc2ccccc21)N1CCN(c2ccncc2)CC1. The minimum atomic E-state index is 0.797. The van der Waals surface area contributed by atoms with E-state index in [9.17, 15) is 0 Å². The molecule has 0 radical (unpaired) electrons. The molecule has 1 aromatic heterocycles. The second-order valence-electron chi connectivity index (χ2n) is 6.20. The molecule has 2 N–H and O–H groups in total. The average Bonchev–Trinajstić information content (AvgIpc) is 3.10. The summed E-state index contributed by atoms with van der Waals surface area (Å²) in [5.41, 5.74) is 4.91. The van der Waals surface area contributed by atoms with Gasteiger partial charge in [0.2, 0.25) is 0 Å². The molecule has 6 heteroatoms. The third-order valence-electron chi connectivity index (χ3n) is 4.71. The van der Waals surface area contributed by atoms with Crippen LogP contribution >= 0.6 is 12.2 Å². The molecular formula is C19H21N5S. The molecule has 3 heterocycles. The van der Waals surface area contributed by atoms with Gasteiger partial charge in [0.05, 0.1) is 0 Å². The van der Waals surface area contributed by atoms with Gasteiger partial charge in [-0.3, -0.25) is 4.98 Å². The van der Waals surface area contributed by atoms with Crippen molar-refractivity contribution in [1.82, 2.24) is 15.2 Å². The van der Waals surface area contributed by atoms with Gasteiger partial charge in [-0.1, -0.05) is 18.2 Å². The van der Waals surface area contributed by atoms with E-state index >= 15 is 0 Å². The van der Waals surface area contributed by atoms with Crippen LogP contribution in [-0.4, -0.2) is 47.7 Å². The first-order chi connectivity index (χ1) is 12.3. The number of aromatic nitrogens is 1. The summed E-state index contributed by atoms with van der Waals surface area (Å²) in [6, 6.07) is 12.5.